The highest BCUT2D eigenvalue weighted by Crippen LogP contribution is 2.44. The van der Waals surface area contributed by atoms with Crippen molar-refractivity contribution in [3.63, 3.8) is 0 Å². The van der Waals surface area contributed by atoms with Gasteiger partial charge in [0.05, 0.1) is 6.10 Å². The summed E-state index contributed by atoms with van der Waals surface area (Å²) in [5, 5.41) is 22.2. The van der Waals surface area contributed by atoms with Gasteiger partial charge in [0.2, 0.25) is 0 Å². The number of rotatable bonds is 5. The molecule has 1 aliphatic rings. The lowest BCUT2D eigenvalue weighted by Gasteiger charge is -2.36. The summed E-state index contributed by atoms with van der Waals surface area (Å²) < 4.78 is 0. The molecule has 1 aromatic heterocycles. The third-order valence-corrected chi connectivity index (χ3v) is 6.14. The molecule has 0 spiro atoms. The fourth-order valence-corrected chi connectivity index (χ4v) is 4.81. The molecule has 2 atom stereocenters. The van der Waals surface area contributed by atoms with E-state index in [1.165, 1.54) is 5.56 Å². The van der Waals surface area contributed by atoms with Crippen LogP contribution in [-0.2, 0) is 12.8 Å². The second kappa shape index (κ2) is 12.7. The normalized spacial score (nSPS) is 17.5. The number of hydrogen-bond donors (Lipinski definition) is 2. The maximum absolute atomic E-state index is 11.3. The minimum atomic E-state index is -0.736. The molecule has 1 heterocycles. The monoisotopic (exact) mass is 455 g/mol. The molecule has 0 aliphatic heterocycles. The predicted molar refractivity (Wildman–Crippen MR) is 142 cm³/mol. The molecule has 3 nitrogen and oxygen atoms in total. The van der Waals surface area contributed by atoms with Crippen molar-refractivity contribution in [3.05, 3.63) is 63.5 Å². The van der Waals surface area contributed by atoms with Crippen LogP contribution in [0.25, 0.3) is 0 Å². The van der Waals surface area contributed by atoms with Gasteiger partial charge in [-0.2, -0.15) is 0 Å². The quantitative estimate of drug-likeness (QED) is 0.482. The lowest BCUT2D eigenvalue weighted by Crippen LogP contribution is -2.29. The van der Waals surface area contributed by atoms with Crippen molar-refractivity contribution >= 4 is 0 Å². The van der Waals surface area contributed by atoms with Gasteiger partial charge in [-0.1, -0.05) is 93.5 Å². The number of nitrogens with zero attached hydrogens (tertiary/aromatic N) is 1. The first kappa shape index (κ1) is 29.3. The summed E-state index contributed by atoms with van der Waals surface area (Å²) in [5.41, 5.74) is 6.96. The fourth-order valence-electron chi connectivity index (χ4n) is 4.81. The van der Waals surface area contributed by atoms with Crippen LogP contribution in [0, 0.1) is 18.3 Å². The maximum Gasteiger partial charge on any atom is 0.106 e. The Hall–Kier alpha value is -1.71. The van der Waals surface area contributed by atoms with Crippen LogP contribution in [0.1, 0.15) is 133 Å². The van der Waals surface area contributed by atoms with Crippen LogP contribution >= 0.6 is 0 Å². The molecule has 0 fully saturated rings. The highest BCUT2D eigenvalue weighted by Gasteiger charge is 2.36. The number of fused-ring (bicyclic) bond motifs is 1. The molecule has 0 radical (unpaired) electrons. The molecule has 33 heavy (non-hydrogen) atoms. The summed E-state index contributed by atoms with van der Waals surface area (Å²) in [5.74, 6) is 0.808. The molecule has 3 heteroatoms. The molecule has 0 amide bonds. The van der Waals surface area contributed by atoms with Gasteiger partial charge in [0.15, 0.2) is 0 Å². The number of pyridine rings is 1. The molecule has 1 aromatic carbocycles. The van der Waals surface area contributed by atoms with Crippen LogP contribution in [-0.4, -0.2) is 15.2 Å². The SMILES string of the molecule is CC.CC.Cc1c2c(nc(C(C)C)c1C(O)c1ccc(CC(C)C)cc1)CC(C)(C)CC2O. The van der Waals surface area contributed by atoms with Crippen molar-refractivity contribution in [1.82, 2.24) is 4.98 Å². The Kier molecular flexibility index (Phi) is 11.3. The Morgan fingerprint density at radius 3 is 2.03 bits per heavy atom. The first-order chi connectivity index (χ1) is 15.5. The number of hydrogen-bond acceptors (Lipinski definition) is 3. The van der Waals surface area contributed by atoms with Gasteiger partial charge in [0.1, 0.15) is 6.10 Å². The second-order valence-corrected chi connectivity index (χ2v) is 10.4. The Bertz CT molecular complexity index is 866. The zero-order chi connectivity index (χ0) is 25.5. The van der Waals surface area contributed by atoms with Crippen molar-refractivity contribution in [2.75, 3.05) is 0 Å². The van der Waals surface area contributed by atoms with Crippen LogP contribution in [0.4, 0.5) is 0 Å². The van der Waals surface area contributed by atoms with Gasteiger partial charge in [-0.3, -0.25) is 4.98 Å². The van der Waals surface area contributed by atoms with Crippen molar-refractivity contribution in [1.29, 1.82) is 0 Å². The summed E-state index contributed by atoms with van der Waals surface area (Å²) >= 11 is 0. The molecule has 0 saturated carbocycles. The van der Waals surface area contributed by atoms with E-state index in [1.807, 2.05) is 46.8 Å². The Morgan fingerprint density at radius 2 is 1.55 bits per heavy atom. The minimum Gasteiger partial charge on any atom is -0.388 e. The topological polar surface area (TPSA) is 53.4 Å². The van der Waals surface area contributed by atoms with Gasteiger partial charge >= 0.3 is 0 Å². The number of aromatic nitrogens is 1. The molecule has 2 unspecified atom stereocenters. The summed E-state index contributed by atoms with van der Waals surface area (Å²) in [6, 6.07) is 8.30. The van der Waals surface area contributed by atoms with Crippen molar-refractivity contribution in [2.45, 2.75) is 114 Å². The largest absolute Gasteiger partial charge is 0.388 e. The Labute approximate surface area is 203 Å². The Morgan fingerprint density at radius 1 is 1.00 bits per heavy atom. The van der Waals surface area contributed by atoms with E-state index in [2.05, 4.69) is 53.7 Å². The van der Waals surface area contributed by atoms with Crippen LogP contribution < -0.4 is 0 Å². The summed E-state index contributed by atoms with van der Waals surface area (Å²) in [6.07, 6.45) is 1.36. The standard InChI is InChI=1S/C26H37NO2.2C2H6/c1-15(2)12-18-8-10-19(11-9-18)25(29)23-17(5)22-20(27-24(23)16(3)4)13-26(6,7)14-21(22)28;2*1-2/h8-11,15-16,21,25,28-29H,12-14H2,1-7H3;2*1-2H3. The molecule has 0 bridgehead atoms. The number of aliphatic hydroxyl groups excluding tert-OH is 2. The summed E-state index contributed by atoms with van der Waals surface area (Å²) in [4.78, 5) is 5.00. The van der Waals surface area contributed by atoms with Gasteiger partial charge in [-0.25, -0.2) is 0 Å². The van der Waals surface area contributed by atoms with Crippen LogP contribution in [0.3, 0.4) is 0 Å². The van der Waals surface area contributed by atoms with E-state index in [0.29, 0.717) is 5.92 Å². The fraction of sp³-hybridized carbons (Fsp3) is 0.633. The van der Waals surface area contributed by atoms with Gasteiger partial charge in [0.25, 0.3) is 0 Å². The maximum atomic E-state index is 11.3. The average molecular weight is 456 g/mol. The first-order valence-corrected chi connectivity index (χ1v) is 13.0. The molecular formula is C30H49NO2. The van der Waals surface area contributed by atoms with Crippen LogP contribution in [0.5, 0.6) is 0 Å². The van der Waals surface area contributed by atoms with Crippen molar-refractivity contribution in [3.8, 4) is 0 Å². The van der Waals surface area contributed by atoms with Crippen LogP contribution in [0.15, 0.2) is 24.3 Å². The molecule has 1 aliphatic carbocycles. The van der Waals surface area contributed by atoms with Gasteiger partial charge in [0, 0.05) is 22.5 Å². The summed E-state index contributed by atoms with van der Waals surface area (Å²) in [7, 11) is 0. The first-order valence-electron chi connectivity index (χ1n) is 13.0. The highest BCUT2D eigenvalue weighted by molar-refractivity contribution is 5.47. The zero-order valence-electron chi connectivity index (χ0n) is 23.1. The third-order valence-electron chi connectivity index (χ3n) is 6.14. The van der Waals surface area contributed by atoms with E-state index >= 15 is 0 Å². The summed E-state index contributed by atoms with van der Waals surface area (Å²) in [6.45, 7) is 23.1. The molecule has 2 N–H and O–H groups in total. The zero-order valence-corrected chi connectivity index (χ0v) is 23.1. The molecular weight excluding hydrogens is 406 g/mol. The van der Waals surface area contributed by atoms with E-state index in [-0.39, 0.29) is 11.3 Å². The van der Waals surface area contributed by atoms with E-state index in [9.17, 15) is 10.2 Å². The van der Waals surface area contributed by atoms with Crippen molar-refractivity contribution in [2.24, 2.45) is 11.3 Å². The average Bonchev–Trinajstić information content (AvgIpc) is 2.74. The molecule has 0 saturated heterocycles. The van der Waals surface area contributed by atoms with Crippen molar-refractivity contribution < 1.29 is 10.2 Å². The number of benzene rings is 1. The second-order valence-electron chi connectivity index (χ2n) is 10.4. The van der Waals surface area contributed by atoms with Gasteiger partial charge in [-0.15, -0.1) is 0 Å². The smallest absolute Gasteiger partial charge is 0.106 e. The molecule has 2 aromatic rings. The van der Waals surface area contributed by atoms with E-state index in [4.69, 9.17) is 4.98 Å². The van der Waals surface area contributed by atoms with E-state index < -0.39 is 12.2 Å². The Balaban J connectivity index is 0.00000129. The third kappa shape index (κ3) is 7.13. The van der Waals surface area contributed by atoms with Crippen LogP contribution in [0.2, 0.25) is 0 Å². The molecule has 3 rings (SSSR count). The minimum absolute atomic E-state index is 0.0342. The number of aliphatic hydroxyl groups is 2. The lowest BCUT2D eigenvalue weighted by molar-refractivity contribution is 0.0968. The molecule has 186 valence electrons. The van der Waals surface area contributed by atoms with Gasteiger partial charge in [-0.05, 0) is 60.1 Å². The van der Waals surface area contributed by atoms with E-state index in [1.54, 1.807) is 0 Å². The van der Waals surface area contributed by atoms with Gasteiger partial charge < -0.3 is 10.2 Å². The highest BCUT2D eigenvalue weighted by atomic mass is 16.3. The lowest BCUT2D eigenvalue weighted by atomic mass is 9.72. The van der Waals surface area contributed by atoms with E-state index in [0.717, 1.165) is 52.9 Å². The predicted octanol–water partition coefficient (Wildman–Crippen LogP) is 7.85.